The van der Waals surface area contributed by atoms with Gasteiger partial charge < -0.3 is 10.1 Å². The summed E-state index contributed by atoms with van der Waals surface area (Å²) in [6.45, 7) is 1.46. The number of hydrogen-bond donors (Lipinski definition) is 1. The predicted molar refractivity (Wildman–Crippen MR) is 87.8 cm³/mol. The zero-order valence-corrected chi connectivity index (χ0v) is 14.3. The summed E-state index contributed by atoms with van der Waals surface area (Å²) < 4.78 is 6.13. The summed E-state index contributed by atoms with van der Waals surface area (Å²) in [6, 6.07) is 4.11. The first-order chi connectivity index (χ1) is 10.3. The Kier molecular flexibility index (Phi) is 5.00. The summed E-state index contributed by atoms with van der Waals surface area (Å²) in [4.78, 5) is 10.8. The number of rotatable bonds is 6. The van der Waals surface area contributed by atoms with E-state index in [0.717, 1.165) is 28.1 Å². The lowest BCUT2D eigenvalue weighted by Gasteiger charge is -2.16. The summed E-state index contributed by atoms with van der Waals surface area (Å²) in [6.07, 6.45) is 5.37. The van der Waals surface area contributed by atoms with Gasteiger partial charge in [0.25, 0.3) is 0 Å². The van der Waals surface area contributed by atoms with Crippen LogP contribution in [0.1, 0.15) is 33.7 Å². The van der Waals surface area contributed by atoms with Crippen LogP contribution in [-0.2, 0) is 17.6 Å². The van der Waals surface area contributed by atoms with Crippen LogP contribution in [0, 0.1) is 0 Å². The molecular formula is C15H18BrN3OS. The van der Waals surface area contributed by atoms with Crippen molar-refractivity contribution in [2.24, 2.45) is 0 Å². The quantitative estimate of drug-likeness (QED) is 0.796. The standard InChI is InChI=1S/C15H18BrN3OS/c1-20-8-7-17-14(12-6-5-10(16)9-18-12)15-19-11-3-2-4-13(11)21-15/h5-6,9,14,17H,2-4,7-8H2,1H3. The molecule has 1 aliphatic carbocycles. The molecule has 0 radical (unpaired) electrons. The highest BCUT2D eigenvalue weighted by atomic mass is 79.9. The summed E-state index contributed by atoms with van der Waals surface area (Å²) in [5.74, 6) is 0. The minimum atomic E-state index is 0.0452. The number of thiazole rings is 1. The molecule has 1 atom stereocenters. The molecule has 0 amide bonds. The highest BCUT2D eigenvalue weighted by molar-refractivity contribution is 9.10. The van der Waals surface area contributed by atoms with Crippen LogP contribution in [0.3, 0.4) is 0 Å². The van der Waals surface area contributed by atoms with Gasteiger partial charge in [0.05, 0.1) is 18.0 Å². The number of nitrogens with one attached hydrogen (secondary N) is 1. The predicted octanol–water partition coefficient (Wildman–Crippen LogP) is 3.11. The average Bonchev–Trinajstić information content (AvgIpc) is 3.06. The van der Waals surface area contributed by atoms with Crippen LogP contribution in [0.4, 0.5) is 0 Å². The van der Waals surface area contributed by atoms with Crippen molar-refractivity contribution in [3.8, 4) is 0 Å². The monoisotopic (exact) mass is 367 g/mol. The van der Waals surface area contributed by atoms with E-state index in [9.17, 15) is 0 Å². The Morgan fingerprint density at radius 1 is 1.43 bits per heavy atom. The fourth-order valence-corrected chi connectivity index (χ4v) is 3.99. The molecular weight excluding hydrogens is 350 g/mol. The van der Waals surface area contributed by atoms with Crippen molar-refractivity contribution in [2.45, 2.75) is 25.3 Å². The number of hydrogen-bond acceptors (Lipinski definition) is 5. The number of methoxy groups -OCH3 is 1. The molecule has 0 aromatic carbocycles. The Morgan fingerprint density at radius 2 is 2.33 bits per heavy atom. The van der Waals surface area contributed by atoms with E-state index in [-0.39, 0.29) is 6.04 Å². The molecule has 2 aromatic heterocycles. The molecule has 0 saturated carbocycles. The average molecular weight is 368 g/mol. The molecule has 0 spiro atoms. The Bertz CT molecular complexity index is 578. The summed E-state index contributed by atoms with van der Waals surface area (Å²) in [5, 5.41) is 4.62. The van der Waals surface area contributed by atoms with Gasteiger partial charge >= 0.3 is 0 Å². The highest BCUT2D eigenvalue weighted by Crippen LogP contribution is 2.32. The Labute approximate surface area is 137 Å². The molecule has 21 heavy (non-hydrogen) atoms. The maximum Gasteiger partial charge on any atom is 0.116 e. The third-order valence-electron chi connectivity index (χ3n) is 3.56. The van der Waals surface area contributed by atoms with Crippen LogP contribution >= 0.6 is 27.3 Å². The first kappa shape index (κ1) is 15.1. The number of aryl methyl sites for hydroxylation is 2. The van der Waals surface area contributed by atoms with Gasteiger partial charge in [0.2, 0.25) is 0 Å². The van der Waals surface area contributed by atoms with Gasteiger partial charge in [0.15, 0.2) is 0 Å². The summed E-state index contributed by atoms with van der Waals surface area (Å²) >= 11 is 5.26. The minimum Gasteiger partial charge on any atom is -0.383 e. The Hall–Kier alpha value is -0.820. The number of fused-ring (bicyclic) bond motifs is 1. The first-order valence-corrected chi connectivity index (χ1v) is 8.71. The lowest BCUT2D eigenvalue weighted by atomic mass is 10.2. The molecule has 0 fully saturated rings. The van der Waals surface area contributed by atoms with Crippen molar-refractivity contribution < 1.29 is 4.74 Å². The second kappa shape index (κ2) is 6.96. The van der Waals surface area contributed by atoms with Gasteiger partial charge in [-0.3, -0.25) is 4.98 Å². The maximum atomic E-state index is 5.14. The summed E-state index contributed by atoms with van der Waals surface area (Å²) in [5.41, 5.74) is 2.28. The van der Waals surface area contributed by atoms with Gasteiger partial charge in [0.1, 0.15) is 11.0 Å². The SMILES string of the molecule is COCCNC(c1ccc(Br)cn1)c1nc2c(s1)CCC2. The molecule has 0 saturated heterocycles. The second-order valence-electron chi connectivity index (χ2n) is 5.06. The fourth-order valence-electron chi connectivity index (χ4n) is 2.52. The topological polar surface area (TPSA) is 47.0 Å². The lowest BCUT2D eigenvalue weighted by Crippen LogP contribution is -2.26. The van der Waals surface area contributed by atoms with Gasteiger partial charge in [0, 0.05) is 29.2 Å². The van der Waals surface area contributed by atoms with E-state index in [0.29, 0.717) is 6.61 Å². The largest absolute Gasteiger partial charge is 0.383 e. The Balaban J connectivity index is 1.85. The molecule has 1 unspecified atom stereocenters. The molecule has 6 heteroatoms. The van der Waals surface area contributed by atoms with Crippen LogP contribution in [0.15, 0.2) is 22.8 Å². The summed E-state index contributed by atoms with van der Waals surface area (Å²) in [7, 11) is 1.71. The van der Waals surface area contributed by atoms with E-state index in [2.05, 4.69) is 26.2 Å². The third-order valence-corrected chi connectivity index (χ3v) is 5.25. The van der Waals surface area contributed by atoms with E-state index in [4.69, 9.17) is 9.72 Å². The maximum absolute atomic E-state index is 5.14. The van der Waals surface area contributed by atoms with Crippen molar-refractivity contribution in [1.29, 1.82) is 0 Å². The van der Waals surface area contributed by atoms with E-state index in [1.165, 1.54) is 23.4 Å². The molecule has 3 rings (SSSR count). The normalized spacial score (nSPS) is 15.1. The van der Waals surface area contributed by atoms with E-state index in [1.807, 2.05) is 29.7 Å². The zero-order chi connectivity index (χ0) is 14.7. The number of nitrogens with zero attached hydrogens (tertiary/aromatic N) is 2. The number of ether oxygens (including phenoxy) is 1. The van der Waals surface area contributed by atoms with Gasteiger partial charge in [-0.15, -0.1) is 11.3 Å². The molecule has 1 N–H and O–H groups in total. The van der Waals surface area contributed by atoms with Crippen molar-refractivity contribution in [2.75, 3.05) is 20.3 Å². The van der Waals surface area contributed by atoms with Crippen LogP contribution in [0.25, 0.3) is 0 Å². The Morgan fingerprint density at radius 3 is 3.05 bits per heavy atom. The van der Waals surface area contributed by atoms with Crippen LogP contribution in [-0.4, -0.2) is 30.2 Å². The van der Waals surface area contributed by atoms with Crippen LogP contribution in [0.2, 0.25) is 0 Å². The number of pyridine rings is 1. The second-order valence-corrected chi connectivity index (χ2v) is 7.09. The molecule has 1 aliphatic rings. The van der Waals surface area contributed by atoms with E-state index < -0.39 is 0 Å². The third kappa shape index (κ3) is 3.51. The smallest absolute Gasteiger partial charge is 0.116 e. The molecule has 2 aromatic rings. The molecule has 4 nitrogen and oxygen atoms in total. The van der Waals surface area contributed by atoms with Gasteiger partial charge in [-0.25, -0.2) is 4.98 Å². The fraction of sp³-hybridized carbons (Fsp3) is 0.467. The van der Waals surface area contributed by atoms with Gasteiger partial charge in [-0.1, -0.05) is 0 Å². The minimum absolute atomic E-state index is 0.0452. The molecule has 112 valence electrons. The van der Waals surface area contributed by atoms with E-state index in [1.54, 1.807) is 7.11 Å². The molecule has 0 aliphatic heterocycles. The molecule has 0 bridgehead atoms. The van der Waals surface area contributed by atoms with Crippen molar-refractivity contribution in [3.63, 3.8) is 0 Å². The number of halogens is 1. The van der Waals surface area contributed by atoms with Gasteiger partial charge in [-0.2, -0.15) is 0 Å². The van der Waals surface area contributed by atoms with Gasteiger partial charge in [-0.05, 0) is 47.3 Å². The van der Waals surface area contributed by atoms with Crippen LogP contribution in [0.5, 0.6) is 0 Å². The van der Waals surface area contributed by atoms with Crippen molar-refractivity contribution in [1.82, 2.24) is 15.3 Å². The lowest BCUT2D eigenvalue weighted by molar-refractivity contribution is 0.197. The van der Waals surface area contributed by atoms with Crippen molar-refractivity contribution >= 4 is 27.3 Å². The van der Waals surface area contributed by atoms with Crippen molar-refractivity contribution in [3.05, 3.63) is 44.1 Å². The molecule has 2 heterocycles. The number of aromatic nitrogens is 2. The van der Waals surface area contributed by atoms with Crippen LogP contribution < -0.4 is 5.32 Å². The van der Waals surface area contributed by atoms with E-state index >= 15 is 0 Å². The zero-order valence-electron chi connectivity index (χ0n) is 11.9. The first-order valence-electron chi connectivity index (χ1n) is 7.10. The highest BCUT2D eigenvalue weighted by Gasteiger charge is 2.23.